The highest BCUT2D eigenvalue weighted by atomic mass is 16.5. The Morgan fingerprint density at radius 3 is 2.41 bits per heavy atom. The lowest BCUT2D eigenvalue weighted by atomic mass is 10.0. The number of aromatic carboxylic acids is 1. The summed E-state index contributed by atoms with van der Waals surface area (Å²) < 4.78 is 7.36. The maximum atomic E-state index is 12.2. The van der Waals surface area contributed by atoms with Crippen LogP contribution in [-0.2, 0) is 16.1 Å². The van der Waals surface area contributed by atoms with Gasteiger partial charge in [-0.2, -0.15) is 0 Å². The summed E-state index contributed by atoms with van der Waals surface area (Å²) in [6, 6.07) is 13.9. The SMILES string of the molecule is O=C(O)c1ccc2c(c1)c([C@@H](C(=O)O)N1CCOCC1)cn2Cc1ccccc1. The number of carboxylic acids is 2. The number of fused-ring (bicyclic) bond motifs is 1. The number of hydrogen-bond donors (Lipinski definition) is 2. The molecule has 0 unspecified atom stereocenters. The fourth-order valence-electron chi connectivity index (χ4n) is 3.91. The van der Waals surface area contributed by atoms with Gasteiger partial charge in [0.2, 0.25) is 0 Å². The van der Waals surface area contributed by atoms with Gasteiger partial charge in [-0.3, -0.25) is 9.69 Å². The molecule has 1 aliphatic heterocycles. The number of rotatable bonds is 6. The molecular formula is C22H22N2O5. The minimum absolute atomic E-state index is 0.141. The summed E-state index contributed by atoms with van der Waals surface area (Å²) in [5.41, 5.74) is 2.64. The van der Waals surface area contributed by atoms with Crippen molar-refractivity contribution < 1.29 is 24.5 Å². The van der Waals surface area contributed by atoms with Crippen LogP contribution in [0.5, 0.6) is 0 Å². The zero-order valence-electron chi connectivity index (χ0n) is 15.8. The van der Waals surface area contributed by atoms with Gasteiger partial charge in [-0.25, -0.2) is 4.79 Å². The second-order valence-corrected chi connectivity index (χ2v) is 7.12. The lowest BCUT2D eigenvalue weighted by molar-refractivity contribution is -0.145. The van der Waals surface area contributed by atoms with E-state index in [1.54, 1.807) is 18.2 Å². The first kappa shape index (κ1) is 19.2. The van der Waals surface area contributed by atoms with E-state index in [0.717, 1.165) is 11.1 Å². The van der Waals surface area contributed by atoms with Crippen LogP contribution in [0.2, 0.25) is 0 Å². The van der Waals surface area contributed by atoms with Crippen molar-refractivity contribution in [3.05, 3.63) is 71.4 Å². The molecule has 2 heterocycles. The summed E-state index contributed by atoms with van der Waals surface area (Å²) in [6.07, 6.45) is 1.84. The molecule has 1 saturated heterocycles. The number of benzene rings is 2. The predicted octanol–water partition coefficient (Wildman–Crippen LogP) is 2.85. The molecule has 2 N–H and O–H groups in total. The van der Waals surface area contributed by atoms with Gasteiger partial charge in [0.15, 0.2) is 0 Å². The monoisotopic (exact) mass is 394 g/mol. The number of nitrogens with zero attached hydrogens (tertiary/aromatic N) is 2. The van der Waals surface area contributed by atoms with E-state index in [-0.39, 0.29) is 5.56 Å². The molecule has 1 fully saturated rings. The molecule has 0 bridgehead atoms. The molecule has 7 heteroatoms. The van der Waals surface area contributed by atoms with Crippen molar-refractivity contribution >= 4 is 22.8 Å². The van der Waals surface area contributed by atoms with Crippen LogP contribution in [0.3, 0.4) is 0 Å². The summed E-state index contributed by atoms with van der Waals surface area (Å²) in [5.74, 6) is -1.99. The lowest BCUT2D eigenvalue weighted by Crippen LogP contribution is -2.42. The minimum atomic E-state index is -1.04. The van der Waals surface area contributed by atoms with Crippen molar-refractivity contribution in [2.45, 2.75) is 12.6 Å². The number of morpholine rings is 1. The third-order valence-corrected chi connectivity index (χ3v) is 5.29. The van der Waals surface area contributed by atoms with E-state index in [1.165, 1.54) is 0 Å². The Morgan fingerprint density at radius 2 is 1.76 bits per heavy atom. The molecule has 29 heavy (non-hydrogen) atoms. The van der Waals surface area contributed by atoms with Crippen molar-refractivity contribution in [2.24, 2.45) is 0 Å². The minimum Gasteiger partial charge on any atom is -0.480 e. The van der Waals surface area contributed by atoms with E-state index in [2.05, 4.69) is 0 Å². The topological polar surface area (TPSA) is 92.0 Å². The number of aromatic nitrogens is 1. The Kier molecular flexibility index (Phi) is 5.33. The molecule has 0 amide bonds. The van der Waals surface area contributed by atoms with Gasteiger partial charge < -0.3 is 19.5 Å². The molecule has 1 aromatic heterocycles. The smallest absolute Gasteiger partial charge is 0.335 e. The van der Waals surface area contributed by atoms with Crippen molar-refractivity contribution in [3.8, 4) is 0 Å². The van der Waals surface area contributed by atoms with Crippen LogP contribution in [-0.4, -0.2) is 57.9 Å². The highest BCUT2D eigenvalue weighted by Gasteiger charge is 2.31. The second kappa shape index (κ2) is 8.06. The molecular weight excluding hydrogens is 372 g/mol. The van der Waals surface area contributed by atoms with Crippen LogP contribution in [0.4, 0.5) is 0 Å². The van der Waals surface area contributed by atoms with Gasteiger partial charge in [0.25, 0.3) is 0 Å². The molecule has 1 atom stereocenters. The average Bonchev–Trinajstić information content (AvgIpc) is 3.07. The number of carbonyl (C=O) groups is 2. The summed E-state index contributed by atoms with van der Waals surface area (Å²) in [4.78, 5) is 25.6. The van der Waals surface area contributed by atoms with E-state index >= 15 is 0 Å². The van der Waals surface area contributed by atoms with Crippen LogP contribution in [0, 0.1) is 0 Å². The molecule has 1 aliphatic rings. The number of ether oxygens (including phenoxy) is 1. The van der Waals surface area contributed by atoms with E-state index in [0.29, 0.717) is 43.8 Å². The summed E-state index contributed by atoms with van der Waals surface area (Å²) in [5, 5.41) is 20.1. The van der Waals surface area contributed by atoms with Gasteiger partial charge in [0.05, 0.1) is 18.8 Å². The van der Waals surface area contributed by atoms with E-state index in [1.807, 2.05) is 46.0 Å². The second-order valence-electron chi connectivity index (χ2n) is 7.12. The summed E-state index contributed by atoms with van der Waals surface area (Å²) in [6.45, 7) is 2.56. The highest BCUT2D eigenvalue weighted by Crippen LogP contribution is 2.32. The van der Waals surface area contributed by atoms with Crippen LogP contribution in [0.25, 0.3) is 10.9 Å². The molecule has 2 aromatic carbocycles. The zero-order valence-corrected chi connectivity index (χ0v) is 15.8. The third kappa shape index (κ3) is 3.87. The Labute approximate surface area is 167 Å². The molecule has 0 radical (unpaired) electrons. The van der Waals surface area contributed by atoms with Gasteiger partial charge in [-0.05, 0) is 23.8 Å². The van der Waals surface area contributed by atoms with E-state index < -0.39 is 18.0 Å². The van der Waals surface area contributed by atoms with Crippen molar-refractivity contribution in [1.82, 2.24) is 9.47 Å². The largest absolute Gasteiger partial charge is 0.480 e. The number of carboxylic acid groups (broad SMARTS) is 2. The quantitative estimate of drug-likeness (QED) is 0.668. The fraction of sp³-hybridized carbons (Fsp3) is 0.273. The summed E-state index contributed by atoms with van der Waals surface area (Å²) in [7, 11) is 0. The van der Waals surface area contributed by atoms with Crippen molar-refractivity contribution in [3.63, 3.8) is 0 Å². The van der Waals surface area contributed by atoms with E-state index in [9.17, 15) is 19.8 Å². The maximum absolute atomic E-state index is 12.2. The van der Waals surface area contributed by atoms with Crippen LogP contribution >= 0.6 is 0 Å². The first-order chi connectivity index (χ1) is 14.0. The van der Waals surface area contributed by atoms with Gasteiger partial charge in [0.1, 0.15) is 6.04 Å². The van der Waals surface area contributed by atoms with E-state index in [4.69, 9.17) is 4.74 Å². The van der Waals surface area contributed by atoms with Gasteiger partial charge in [-0.15, -0.1) is 0 Å². The molecule has 0 aliphatic carbocycles. The first-order valence-corrected chi connectivity index (χ1v) is 9.49. The molecule has 4 rings (SSSR count). The number of hydrogen-bond acceptors (Lipinski definition) is 4. The Hall–Kier alpha value is -3.16. The van der Waals surface area contributed by atoms with Crippen molar-refractivity contribution in [1.29, 1.82) is 0 Å². The molecule has 0 saturated carbocycles. The van der Waals surface area contributed by atoms with Crippen LogP contribution in [0.1, 0.15) is 27.5 Å². The Balaban J connectivity index is 1.85. The maximum Gasteiger partial charge on any atom is 0.335 e. The zero-order chi connectivity index (χ0) is 20.4. The molecule has 3 aromatic rings. The molecule has 0 spiro atoms. The Bertz CT molecular complexity index is 1040. The van der Waals surface area contributed by atoms with Gasteiger partial charge in [0, 0.05) is 42.3 Å². The predicted molar refractivity (Wildman–Crippen MR) is 107 cm³/mol. The summed E-state index contributed by atoms with van der Waals surface area (Å²) >= 11 is 0. The highest BCUT2D eigenvalue weighted by molar-refractivity contribution is 5.96. The van der Waals surface area contributed by atoms with Crippen LogP contribution < -0.4 is 0 Å². The van der Waals surface area contributed by atoms with Crippen molar-refractivity contribution in [2.75, 3.05) is 26.3 Å². The lowest BCUT2D eigenvalue weighted by Gasteiger charge is -2.31. The first-order valence-electron chi connectivity index (χ1n) is 9.49. The number of aliphatic carboxylic acids is 1. The van der Waals surface area contributed by atoms with Gasteiger partial charge in [-0.1, -0.05) is 30.3 Å². The molecule has 150 valence electrons. The van der Waals surface area contributed by atoms with Gasteiger partial charge >= 0.3 is 11.9 Å². The molecule has 7 nitrogen and oxygen atoms in total. The third-order valence-electron chi connectivity index (χ3n) is 5.29. The Morgan fingerprint density at radius 1 is 1.03 bits per heavy atom. The fourth-order valence-corrected chi connectivity index (χ4v) is 3.91. The standard InChI is InChI=1S/C22H22N2O5/c25-21(26)16-6-7-19-17(12-16)18(14-24(19)13-15-4-2-1-3-5-15)20(22(27)28)23-8-10-29-11-9-23/h1-7,12,14,20H,8-11,13H2,(H,25,26)(H,27,28)/t20-/m0/s1. The van der Waals surface area contributed by atoms with Crippen LogP contribution in [0.15, 0.2) is 54.7 Å². The normalized spacial score (nSPS) is 16.0. The average molecular weight is 394 g/mol.